The van der Waals surface area contributed by atoms with E-state index in [1.54, 1.807) is 0 Å². The molecule has 1 saturated carbocycles. The average molecular weight is 250 g/mol. The summed E-state index contributed by atoms with van der Waals surface area (Å²) in [4.78, 5) is 2.35. The molecule has 1 fully saturated rings. The molecule has 0 heterocycles. The minimum atomic E-state index is -0.163. The third-order valence-corrected chi connectivity index (χ3v) is 3.66. The summed E-state index contributed by atoms with van der Waals surface area (Å²) in [5.41, 5.74) is 1.17. The Morgan fingerprint density at radius 3 is 2.56 bits per heavy atom. The zero-order valence-corrected chi connectivity index (χ0v) is 11.3. The second-order valence-corrected chi connectivity index (χ2v) is 5.29. The zero-order chi connectivity index (χ0) is 13.0. The topological polar surface area (TPSA) is 15.3 Å². The van der Waals surface area contributed by atoms with Crippen LogP contribution >= 0.6 is 0 Å². The molecule has 1 N–H and O–H groups in total. The summed E-state index contributed by atoms with van der Waals surface area (Å²) in [6, 6.07) is 8.12. The molecule has 100 valence electrons. The van der Waals surface area contributed by atoms with E-state index in [0.29, 0.717) is 6.04 Å². The molecule has 1 aromatic rings. The van der Waals surface area contributed by atoms with Crippen LogP contribution in [0.15, 0.2) is 24.3 Å². The van der Waals surface area contributed by atoms with Gasteiger partial charge in [0.05, 0.1) is 0 Å². The Kier molecular flexibility index (Phi) is 4.72. The van der Waals surface area contributed by atoms with Crippen LogP contribution in [0.3, 0.4) is 0 Å². The fourth-order valence-corrected chi connectivity index (χ4v) is 2.21. The van der Waals surface area contributed by atoms with E-state index in [4.69, 9.17) is 0 Å². The molecule has 0 amide bonds. The fraction of sp³-hybridized carbons (Fsp3) is 0.600. The normalized spacial score (nSPS) is 17.1. The van der Waals surface area contributed by atoms with Gasteiger partial charge >= 0.3 is 0 Å². The van der Waals surface area contributed by atoms with Crippen LogP contribution in [0, 0.1) is 5.82 Å². The molecule has 1 aromatic carbocycles. The van der Waals surface area contributed by atoms with Crippen LogP contribution in [0.4, 0.5) is 4.39 Å². The average Bonchev–Trinajstić information content (AvgIpc) is 3.17. The summed E-state index contributed by atoms with van der Waals surface area (Å²) in [5, 5.41) is 3.58. The Morgan fingerprint density at radius 2 is 2.00 bits per heavy atom. The van der Waals surface area contributed by atoms with E-state index in [2.05, 4.69) is 24.2 Å². The van der Waals surface area contributed by atoms with Gasteiger partial charge in [-0.05, 0) is 44.0 Å². The number of likely N-dealkylation sites (N-methyl/N-ethyl adjacent to an activating group) is 1. The molecular formula is C15H23FN2. The van der Waals surface area contributed by atoms with Crippen molar-refractivity contribution in [2.24, 2.45) is 0 Å². The molecule has 0 aromatic heterocycles. The second kappa shape index (κ2) is 6.30. The highest BCUT2D eigenvalue weighted by atomic mass is 19.1. The van der Waals surface area contributed by atoms with Crippen LogP contribution in [0.25, 0.3) is 0 Å². The van der Waals surface area contributed by atoms with Crippen molar-refractivity contribution in [2.75, 3.05) is 13.6 Å². The van der Waals surface area contributed by atoms with Crippen molar-refractivity contribution in [2.45, 2.75) is 44.8 Å². The van der Waals surface area contributed by atoms with Gasteiger partial charge < -0.3 is 5.32 Å². The SMILES string of the molecule is CCC(CNC1CC1)N(C)Cc1ccc(F)cc1. The third-order valence-electron chi connectivity index (χ3n) is 3.66. The van der Waals surface area contributed by atoms with Gasteiger partial charge in [0.25, 0.3) is 0 Å². The van der Waals surface area contributed by atoms with Gasteiger partial charge in [0.1, 0.15) is 5.82 Å². The first-order valence-electron chi connectivity index (χ1n) is 6.87. The molecule has 0 saturated heterocycles. The minimum absolute atomic E-state index is 0.163. The molecule has 0 radical (unpaired) electrons. The summed E-state index contributed by atoms with van der Waals surface area (Å²) in [7, 11) is 2.14. The molecule has 1 aliphatic carbocycles. The number of hydrogen-bond donors (Lipinski definition) is 1. The number of nitrogens with zero attached hydrogens (tertiary/aromatic N) is 1. The Morgan fingerprint density at radius 1 is 1.33 bits per heavy atom. The van der Waals surface area contributed by atoms with Crippen molar-refractivity contribution in [3.8, 4) is 0 Å². The second-order valence-electron chi connectivity index (χ2n) is 5.29. The van der Waals surface area contributed by atoms with Crippen molar-refractivity contribution in [3.63, 3.8) is 0 Å². The Hall–Kier alpha value is -0.930. The number of hydrogen-bond acceptors (Lipinski definition) is 2. The molecule has 1 unspecified atom stereocenters. The smallest absolute Gasteiger partial charge is 0.123 e. The molecule has 0 spiro atoms. The lowest BCUT2D eigenvalue weighted by molar-refractivity contribution is 0.221. The molecule has 0 aliphatic heterocycles. The van der Waals surface area contributed by atoms with E-state index in [1.165, 1.54) is 30.5 Å². The number of nitrogens with one attached hydrogen (secondary N) is 1. The van der Waals surface area contributed by atoms with Crippen molar-refractivity contribution in [3.05, 3.63) is 35.6 Å². The summed E-state index contributed by atoms with van der Waals surface area (Å²) in [6.07, 6.45) is 3.80. The summed E-state index contributed by atoms with van der Waals surface area (Å²) in [6.45, 7) is 4.16. The predicted octanol–water partition coefficient (Wildman–Crippen LogP) is 2.79. The summed E-state index contributed by atoms with van der Waals surface area (Å²) >= 11 is 0. The van der Waals surface area contributed by atoms with Gasteiger partial charge in [0, 0.05) is 25.2 Å². The lowest BCUT2D eigenvalue weighted by atomic mass is 10.1. The van der Waals surface area contributed by atoms with E-state index < -0.39 is 0 Å². The third kappa shape index (κ3) is 4.07. The first-order chi connectivity index (χ1) is 8.69. The number of halogens is 1. The highest BCUT2D eigenvalue weighted by Crippen LogP contribution is 2.19. The Balaban J connectivity index is 1.83. The van der Waals surface area contributed by atoms with E-state index in [1.807, 2.05) is 12.1 Å². The molecule has 18 heavy (non-hydrogen) atoms. The molecule has 2 nitrogen and oxygen atoms in total. The largest absolute Gasteiger partial charge is 0.312 e. The van der Waals surface area contributed by atoms with Crippen molar-refractivity contribution < 1.29 is 4.39 Å². The van der Waals surface area contributed by atoms with E-state index in [9.17, 15) is 4.39 Å². The van der Waals surface area contributed by atoms with Gasteiger partial charge in [0.15, 0.2) is 0 Å². The van der Waals surface area contributed by atoms with Crippen LogP contribution in [0.5, 0.6) is 0 Å². The van der Waals surface area contributed by atoms with Crippen molar-refractivity contribution >= 4 is 0 Å². The standard InChI is InChI=1S/C15H23FN2/c1-3-15(10-17-14-8-9-14)18(2)11-12-4-6-13(16)7-5-12/h4-7,14-15,17H,3,8-11H2,1-2H3. The summed E-state index contributed by atoms with van der Waals surface area (Å²) in [5.74, 6) is -0.163. The van der Waals surface area contributed by atoms with Gasteiger partial charge in [-0.15, -0.1) is 0 Å². The maximum absolute atomic E-state index is 12.8. The van der Waals surface area contributed by atoms with Gasteiger partial charge in [-0.3, -0.25) is 4.90 Å². The lowest BCUT2D eigenvalue weighted by Gasteiger charge is -2.27. The van der Waals surface area contributed by atoms with Gasteiger partial charge in [-0.2, -0.15) is 0 Å². The predicted molar refractivity (Wildman–Crippen MR) is 73.0 cm³/mol. The molecule has 1 atom stereocenters. The molecule has 3 heteroatoms. The van der Waals surface area contributed by atoms with Crippen LogP contribution in [0.1, 0.15) is 31.7 Å². The summed E-state index contributed by atoms with van der Waals surface area (Å²) < 4.78 is 12.8. The highest BCUT2D eigenvalue weighted by Gasteiger charge is 2.22. The van der Waals surface area contributed by atoms with E-state index in [0.717, 1.165) is 25.6 Å². The first kappa shape index (κ1) is 13.5. The fourth-order valence-electron chi connectivity index (χ4n) is 2.21. The first-order valence-corrected chi connectivity index (χ1v) is 6.87. The molecule has 2 rings (SSSR count). The van der Waals surface area contributed by atoms with E-state index in [-0.39, 0.29) is 5.82 Å². The quantitative estimate of drug-likeness (QED) is 0.800. The molecule has 1 aliphatic rings. The number of rotatable bonds is 7. The number of benzene rings is 1. The van der Waals surface area contributed by atoms with Crippen molar-refractivity contribution in [1.82, 2.24) is 10.2 Å². The highest BCUT2D eigenvalue weighted by molar-refractivity contribution is 5.15. The van der Waals surface area contributed by atoms with E-state index >= 15 is 0 Å². The van der Waals surface area contributed by atoms with Crippen LogP contribution in [-0.4, -0.2) is 30.6 Å². The van der Waals surface area contributed by atoms with Crippen LogP contribution in [-0.2, 0) is 6.54 Å². The zero-order valence-electron chi connectivity index (χ0n) is 11.3. The molecule has 0 bridgehead atoms. The van der Waals surface area contributed by atoms with Gasteiger partial charge in [-0.25, -0.2) is 4.39 Å². The Bertz CT molecular complexity index is 359. The minimum Gasteiger partial charge on any atom is -0.312 e. The van der Waals surface area contributed by atoms with Gasteiger partial charge in [0.2, 0.25) is 0 Å². The van der Waals surface area contributed by atoms with Crippen LogP contribution < -0.4 is 5.32 Å². The van der Waals surface area contributed by atoms with Crippen LogP contribution in [0.2, 0.25) is 0 Å². The monoisotopic (exact) mass is 250 g/mol. The van der Waals surface area contributed by atoms with Crippen molar-refractivity contribution in [1.29, 1.82) is 0 Å². The maximum atomic E-state index is 12.8. The Labute approximate surface area is 109 Å². The lowest BCUT2D eigenvalue weighted by Crippen LogP contribution is -2.40. The maximum Gasteiger partial charge on any atom is 0.123 e. The molecular weight excluding hydrogens is 227 g/mol. The van der Waals surface area contributed by atoms with Gasteiger partial charge in [-0.1, -0.05) is 19.1 Å².